The molecule has 0 amide bonds. The Kier molecular flexibility index (Phi) is 5.41. The summed E-state index contributed by atoms with van der Waals surface area (Å²) in [6, 6.07) is 11.9. The van der Waals surface area contributed by atoms with Crippen LogP contribution in [-0.4, -0.2) is 17.8 Å². The summed E-state index contributed by atoms with van der Waals surface area (Å²) >= 11 is 11.8. The molecule has 6 heteroatoms. The van der Waals surface area contributed by atoms with Crippen LogP contribution >= 0.6 is 23.2 Å². The van der Waals surface area contributed by atoms with Gasteiger partial charge >= 0.3 is 0 Å². The normalized spacial score (nSPS) is 11.7. The van der Waals surface area contributed by atoms with Crippen molar-refractivity contribution in [1.29, 1.82) is 0 Å². The maximum Gasteiger partial charge on any atom is 0.165 e. The van der Waals surface area contributed by atoms with Crippen molar-refractivity contribution in [3.05, 3.63) is 64.1 Å². The fraction of sp³-hybridized carbons (Fsp3) is 0.125. The van der Waals surface area contributed by atoms with Gasteiger partial charge in [0, 0.05) is 17.0 Å². The Morgan fingerprint density at radius 1 is 1.09 bits per heavy atom. The van der Waals surface area contributed by atoms with Crippen molar-refractivity contribution >= 4 is 40.6 Å². The van der Waals surface area contributed by atoms with E-state index in [0.29, 0.717) is 16.3 Å². The minimum atomic E-state index is -1.38. The summed E-state index contributed by atoms with van der Waals surface area (Å²) in [5, 5.41) is 14.7. The smallest absolute Gasteiger partial charge is 0.165 e. The second-order valence-corrected chi connectivity index (χ2v) is 5.48. The Morgan fingerprint density at radius 3 is 2.36 bits per heavy atom. The molecule has 2 aromatic carbocycles. The van der Waals surface area contributed by atoms with E-state index < -0.39 is 12.0 Å². The lowest BCUT2D eigenvalue weighted by atomic mass is 10.0. The highest BCUT2D eigenvalue weighted by Gasteiger charge is 2.17. The summed E-state index contributed by atoms with van der Waals surface area (Å²) < 4.78 is 0. The van der Waals surface area contributed by atoms with Gasteiger partial charge in [0.15, 0.2) is 5.78 Å². The molecule has 0 aliphatic heterocycles. The molecule has 0 heterocycles. The highest BCUT2D eigenvalue weighted by atomic mass is 35.5. The van der Waals surface area contributed by atoms with Gasteiger partial charge in [0.25, 0.3) is 0 Å². The average Bonchev–Trinajstić information content (AvgIpc) is 2.49. The number of carbonyl (C=O) groups excluding carboxylic acids is 2. The van der Waals surface area contributed by atoms with Crippen molar-refractivity contribution in [1.82, 2.24) is 0 Å². The third kappa shape index (κ3) is 4.23. The number of rotatable bonds is 6. The molecule has 0 radical (unpaired) electrons. The predicted octanol–water partition coefficient (Wildman–Crippen LogP) is 2.80. The molecule has 0 saturated carbocycles. The number of hydrogen-bond donors (Lipinski definition) is 1. The van der Waals surface area contributed by atoms with Gasteiger partial charge in [-0.2, -0.15) is 0 Å². The number of Topliss-reactive ketones (excluding diaryl/α,β-unsaturated/α-hetero) is 1. The number of hydrogen-bond acceptors (Lipinski definition) is 4. The van der Waals surface area contributed by atoms with Gasteiger partial charge in [0.05, 0.1) is 22.7 Å². The molecule has 0 aliphatic rings. The van der Waals surface area contributed by atoms with E-state index >= 15 is 0 Å². The minimum Gasteiger partial charge on any atom is -0.548 e. The molecule has 0 aromatic heterocycles. The third-order valence-corrected chi connectivity index (χ3v) is 3.58. The maximum atomic E-state index is 12.1. The molecule has 0 unspecified atom stereocenters. The Labute approximate surface area is 137 Å². The third-order valence-electron chi connectivity index (χ3n) is 3.03. The number of carbonyl (C=O) groups is 2. The van der Waals surface area contributed by atoms with Crippen LogP contribution in [-0.2, 0) is 4.79 Å². The first-order valence-corrected chi connectivity index (χ1v) is 7.23. The van der Waals surface area contributed by atoms with Crippen LogP contribution in [0.25, 0.3) is 0 Å². The number of nitrogens with one attached hydrogen (secondary N) is 1. The fourth-order valence-electron chi connectivity index (χ4n) is 1.91. The van der Waals surface area contributed by atoms with Gasteiger partial charge in [0.1, 0.15) is 0 Å². The lowest BCUT2D eigenvalue weighted by molar-refractivity contribution is -0.306. The van der Waals surface area contributed by atoms with Crippen LogP contribution in [0.3, 0.4) is 0 Å². The van der Waals surface area contributed by atoms with Crippen LogP contribution in [0.1, 0.15) is 16.8 Å². The first-order valence-electron chi connectivity index (χ1n) is 6.48. The number of carboxylic acids is 1. The standard InChI is InChI=1S/C16H13Cl2NO3/c17-11-6-7-13(12(18)8-11)19-14(16(21)22)9-15(20)10-4-2-1-3-5-10/h1-8,14,19H,9H2,(H,21,22)/p-1/t14-/m0/s1. The molecule has 1 N–H and O–H groups in total. The summed E-state index contributed by atoms with van der Waals surface area (Å²) in [6.07, 6.45) is -0.245. The van der Waals surface area contributed by atoms with Crippen molar-refractivity contribution in [3.8, 4) is 0 Å². The van der Waals surface area contributed by atoms with E-state index in [2.05, 4.69) is 5.32 Å². The average molecular weight is 337 g/mol. The number of ketones is 1. The Hall–Kier alpha value is -2.04. The summed E-state index contributed by atoms with van der Waals surface area (Å²) in [6.45, 7) is 0. The first kappa shape index (κ1) is 16.3. The van der Waals surface area contributed by atoms with Crippen LogP contribution in [0.5, 0.6) is 0 Å². The van der Waals surface area contributed by atoms with Crippen molar-refractivity contribution in [2.24, 2.45) is 0 Å². The van der Waals surface area contributed by atoms with Gasteiger partial charge in [-0.3, -0.25) is 4.79 Å². The van der Waals surface area contributed by atoms with Gasteiger partial charge in [-0.25, -0.2) is 0 Å². The molecule has 114 valence electrons. The number of anilines is 1. The summed E-state index contributed by atoms with van der Waals surface area (Å²) in [4.78, 5) is 23.4. The van der Waals surface area contributed by atoms with E-state index in [4.69, 9.17) is 23.2 Å². The first-order chi connectivity index (χ1) is 10.5. The van der Waals surface area contributed by atoms with Crippen LogP contribution < -0.4 is 10.4 Å². The van der Waals surface area contributed by atoms with E-state index in [0.717, 1.165) is 0 Å². The van der Waals surface area contributed by atoms with Gasteiger partial charge in [0.2, 0.25) is 0 Å². The van der Waals surface area contributed by atoms with E-state index in [9.17, 15) is 14.7 Å². The predicted molar refractivity (Wildman–Crippen MR) is 84.3 cm³/mol. The molecule has 22 heavy (non-hydrogen) atoms. The van der Waals surface area contributed by atoms with Gasteiger partial charge in [-0.05, 0) is 18.2 Å². The minimum absolute atomic E-state index is 0.245. The Morgan fingerprint density at radius 2 is 1.77 bits per heavy atom. The zero-order valence-electron chi connectivity index (χ0n) is 11.4. The summed E-state index contributed by atoms with van der Waals surface area (Å²) in [5.74, 6) is -1.68. The van der Waals surface area contributed by atoms with Crippen LogP contribution in [0.2, 0.25) is 10.0 Å². The molecule has 2 aromatic rings. The number of carboxylic acid groups (broad SMARTS) is 1. The van der Waals surface area contributed by atoms with Crippen molar-refractivity contribution in [3.63, 3.8) is 0 Å². The van der Waals surface area contributed by atoms with Crippen molar-refractivity contribution < 1.29 is 14.7 Å². The number of aliphatic carboxylic acids is 1. The fourth-order valence-corrected chi connectivity index (χ4v) is 2.38. The second-order valence-electron chi connectivity index (χ2n) is 4.63. The van der Waals surface area contributed by atoms with Crippen molar-refractivity contribution in [2.75, 3.05) is 5.32 Å². The van der Waals surface area contributed by atoms with Gasteiger partial charge in [-0.15, -0.1) is 0 Å². The Bertz CT molecular complexity index is 689. The zero-order chi connectivity index (χ0) is 16.1. The topological polar surface area (TPSA) is 69.2 Å². The van der Waals surface area contributed by atoms with E-state index in [1.165, 1.54) is 6.07 Å². The molecule has 4 nitrogen and oxygen atoms in total. The highest BCUT2D eigenvalue weighted by molar-refractivity contribution is 6.36. The monoisotopic (exact) mass is 336 g/mol. The summed E-state index contributed by atoms with van der Waals surface area (Å²) in [7, 11) is 0. The summed E-state index contributed by atoms with van der Waals surface area (Å²) in [5.41, 5.74) is 0.818. The molecule has 1 atom stereocenters. The van der Waals surface area contributed by atoms with Gasteiger partial charge in [-0.1, -0.05) is 53.5 Å². The molecule has 0 aliphatic carbocycles. The van der Waals surface area contributed by atoms with Crippen LogP contribution in [0.4, 0.5) is 5.69 Å². The van der Waals surface area contributed by atoms with E-state index in [-0.39, 0.29) is 17.2 Å². The molecule has 2 rings (SSSR count). The quantitative estimate of drug-likeness (QED) is 0.823. The molecule has 0 spiro atoms. The highest BCUT2D eigenvalue weighted by Crippen LogP contribution is 2.26. The van der Waals surface area contributed by atoms with E-state index in [1.807, 2.05) is 0 Å². The maximum absolute atomic E-state index is 12.1. The Balaban J connectivity index is 2.14. The van der Waals surface area contributed by atoms with Crippen LogP contribution in [0.15, 0.2) is 48.5 Å². The molecular weight excluding hydrogens is 325 g/mol. The molecular formula is C16H12Cl2NO3-. The molecule has 0 fully saturated rings. The van der Waals surface area contributed by atoms with Crippen molar-refractivity contribution in [2.45, 2.75) is 12.5 Å². The second kappa shape index (κ2) is 7.29. The van der Waals surface area contributed by atoms with Crippen LogP contribution in [0, 0.1) is 0 Å². The lowest BCUT2D eigenvalue weighted by Crippen LogP contribution is -2.42. The largest absolute Gasteiger partial charge is 0.548 e. The molecule has 0 bridgehead atoms. The number of benzene rings is 2. The van der Waals surface area contributed by atoms with E-state index in [1.54, 1.807) is 42.5 Å². The lowest BCUT2D eigenvalue weighted by Gasteiger charge is -2.21. The zero-order valence-corrected chi connectivity index (χ0v) is 12.9. The number of halogens is 2. The van der Waals surface area contributed by atoms with Gasteiger partial charge < -0.3 is 15.2 Å². The molecule has 0 saturated heterocycles. The SMILES string of the molecule is O=C(C[C@H](Nc1ccc(Cl)cc1Cl)C(=O)[O-])c1ccccc1.